The highest BCUT2D eigenvalue weighted by molar-refractivity contribution is 6.33. The van der Waals surface area contributed by atoms with Gasteiger partial charge in [-0.15, -0.1) is 0 Å². The summed E-state index contributed by atoms with van der Waals surface area (Å²) in [6.07, 6.45) is 0. The third kappa shape index (κ3) is 3.08. The maximum Gasteiger partial charge on any atom is 0.0714 e. The number of halogens is 1. The number of para-hydroxylation sites is 1. The lowest BCUT2D eigenvalue weighted by Gasteiger charge is -2.34. The van der Waals surface area contributed by atoms with Gasteiger partial charge in [0.15, 0.2) is 0 Å². The van der Waals surface area contributed by atoms with Gasteiger partial charge in [-0.05, 0) is 57.6 Å². The molecule has 6 rings (SSSR count). The van der Waals surface area contributed by atoms with Crippen molar-refractivity contribution in [2.24, 2.45) is 0 Å². The van der Waals surface area contributed by atoms with Crippen LogP contribution in [0.5, 0.6) is 0 Å². The highest BCUT2D eigenvalue weighted by atomic mass is 35.5. The molecule has 5 aromatic rings. The van der Waals surface area contributed by atoms with E-state index in [-0.39, 0.29) is 0 Å². The molecule has 1 nitrogen and oxygen atoms in total. The maximum absolute atomic E-state index is 6.45. The maximum atomic E-state index is 6.45. The molecule has 5 aromatic carbocycles. The van der Waals surface area contributed by atoms with Gasteiger partial charge in [-0.2, -0.15) is 0 Å². The van der Waals surface area contributed by atoms with Gasteiger partial charge in [0, 0.05) is 5.69 Å². The van der Waals surface area contributed by atoms with Crippen LogP contribution >= 0.6 is 11.6 Å². The average molecular weight is 444 g/mol. The number of fused-ring (bicyclic) bond motifs is 3. The van der Waals surface area contributed by atoms with Crippen LogP contribution in [-0.2, 0) is 5.41 Å². The summed E-state index contributed by atoms with van der Waals surface area (Å²) in [6, 6.07) is 45.0. The van der Waals surface area contributed by atoms with Crippen molar-refractivity contribution in [3.05, 3.63) is 155 Å². The fraction of sp³-hybridized carbons (Fsp3) is 0.0323. The van der Waals surface area contributed by atoms with Crippen LogP contribution in [0.1, 0.15) is 22.3 Å². The highest BCUT2D eigenvalue weighted by Crippen LogP contribution is 2.56. The first kappa shape index (κ1) is 19.8. The van der Waals surface area contributed by atoms with E-state index in [1.807, 2.05) is 24.3 Å². The Labute approximate surface area is 199 Å². The zero-order valence-corrected chi connectivity index (χ0v) is 18.8. The molecule has 0 aliphatic heterocycles. The van der Waals surface area contributed by atoms with E-state index in [0.29, 0.717) is 5.02 Å². The van der Waals surface area contributed by atoms with E-state index in [0.717, 1.165) is 11.4 Å². The Bertz CT molecular complexity index is 1400. The average Bonchev–Trinajstić information content (AvgIpc) is 3.17. The minimum absolute atomic E-state index is 0.396. The fourth-order valence-electron chi connectivity index (χ4n) is 5.24. The molecule has 1 aliphatic rings. The Morgan fingerprint density at radius 3 is 1.79 bits per heavy atom. The smallest absolute Gasteiger partial charge is 0.0714 e. The van der Waals surface area contributed by atoms with Gasteiger partial charge in [-0.3, -0.25) is 0 Å². The number of anilines is 2. The number of benzene rings is 5. The van der Waals surface area contributed by atoms with Crippen molar-refractivity contribution >= 4 is 23.0 Å². The van der Waals surface area contributed by atoms with Gasteiger partial charge in [-0.25, -0.2) is 0 Å². The monoisotopic (exact) mass is 443 g/mol. The molecule has 0 atom stereocenters. The molecule has 1 N–H and O–H groups in total. The van der Waals surface area contributed by atoms with Gasteiger partial charge in [0.25, 0.3) is 0 Å². The number of hydrogen-bond donors (Lipinski definition) is 1. The predicted molar refractivity (Wildman–Crippen MR) is 138 cm³/mol. The van der Waals surface area contributed by atoms with Crippen LogP contribution in [0, 0.1) is 0 Å². The van der Waals surface area contributed by atoms with Crippen molar-refractivity contribution < 1.29 is 0 Å². The van der Waals surface area contributed by atoms with E-state index in [2.05, 4.69) is 108 Å². The van der Waals surface area contributed by atoms with Gasteiger partial charge in [0.2, 0.25) is 0 Å². The predicted octanol–water partition coefficient (Wildman–Crippen LogP) is 8.45. The van der Waals surface area contributed by atoms with Crippen molar-refractivity contribution in [2.75, 3.05) is 5.32 Å². The molecule has 33 heavy (non-hydrogen) atoms. The molecule has 0 amide bonds. The summed E-state index contributed by atoms with van der Waals surface area (Å²) < 4.78 is 0. The Kier molecular flexibility index (Phi) is 4.78. The van der Waals surface area contributed by atoms with Gasteiger partial charge < -0.3 is 5.32 Å². The van der Waals surface area contributed by atoms with E-state index in [1.54, 1.807) is 0 Å². The Hall–Kier alpha value is -3.81. The van der Waals surface area contributed by atoms with E-state index >= 15 is 0 Å². The van der Waals surface area contributed by atoms with E-state index in [4.69, 9.17) is 11.6 Å². The molecule has 0 spiro atoms. The van der Waals surface area contributed by atoms with Crippen molar-refractivity contribution in [2.45, 2.75) is 5.41 Å². The molecule has 0 bridgehead atoms. The van der Waals surface area contributed by atoms with E-state index in [9.17, 15) is 0 Å². The van der Waals surface area contributed by atoms with E-state index < -0.39 is 5.41 Å². The summed E-state index contributed by atoms with van der Waals surface area (Å²) in [5.74, 6) is 0. The summed E-state index contributed by atoms with van der Waals surface area (Å²) in [5.41, 5.74) is 9.19. The standard InChI is InChI=1S/C31H22ClN/c32-29-17-9-10-18-30(29)33-24-19-20-26-25-15-7-8-16-27(25)31(28(26)21-24,22-11-3-1-4-12-22)23-13-5-2-6-14-23/h1-21,33H. The van der Waals surface area contributed by atoms with Gasteiger partial charge >= 0.3 is 0 Å². The largest absolute Gasteiger partial charge is 0.354 e. The molecule has 0 aromatic heterocycles. The molecule has 2 heteroatoms. The Morgan fingerprint density at radius 1 is 0.515 bits per heavy atom. The first-order chi connectivity index (χ1) is 16.3. The SMILES string of the molecule is Clc1ccccc1Nc1ccc2c(c1)C(c1ccccc1)(c1ccccc1)c1ccccc1-2. The fourth-order valence-corrected chi connectivity index (χ4v) is 5.42. The zero-order valence-electron chi connectivity index (χ0n) is 18.0. The second-order valence-electron chi connectivity index (χ2n) is 8.39. The van der Waals surface area contributed by atoms with Crippen molar-refractivity contribution in [1.82, 2.24) is 0 Å². The lowest BCUT2D eigenvalue weighted by Crippen LogP contribution is -2.28. The van der Waals surface area contributed by atoms with Crippen LogP contribution in [0.4, 0.5) is 11.4 Å². The van der Waals surface area contributed by atoms with Crippen LogP contribution in [0.25, 0.3) is 11.1 Å². The summed E-state index contributed by atoms with van der Waals surface area (Å²) in [4.78, 5) is 0. The van der Waals surface area contributed by atoms with Crippen LogP contribution < -0.4 is 5.32 Å². The summed E-state index contributed by atoms with van der Waals surface area (Å²) in [5, 5.41) is 4.24. The minimum atomic E-state index is -0.396. The van der Waals surface area contributed by atoms with E-state index in [1.165, 1.54) is 33.4 Å². The molecule has 158 valence electrons. The van der Waals surface area contributed by atoms with Gasteiger partial charge in [-0.1, -0.05) is 115 Å². The van der Waals surface area contributed by atoms with Crippen LogP contribution in [0.2, 0.25) is 5.02 Å². The molecule has 0 unspecified atom stereocenters. The summed E-state index contributed by atoms with van der Waals surface area (Å²) in [7, 11) is 0. The molecule has 0 radical (unpaired) electrons. The third-order valence-electron chi connectivity index (χ3n) is 6.61. The normalized spacial score (nSPS) is 13.2. The second-order valence-corrected chi connectivity index (χ2v) is 8.80. The zero-order chi connectivity index (χ0) is 22.3. The molecule has 0 heterocycles. The summed E-state index contributed by atoms with van der Waals surface area (Å²) in [6.45, 7) is 0. The Balaban J connectivity index is 1.65. The van der Waals surface area contributed by atoms with Gasteiger partial charge in [0.05, 0.1) is 16.1 Å². The van der Waals surface area contributed by atoms with Crippen LogP contribution in [-0.4, -0.2) is 0 Å². The minimum Gasteiger partial charge on any atom is -0.354 e. The van der Waals surface area contributed by atoms with Crippen molar-refractivity contribution in [1.29, 1.82) is 0 Å². The molecule has 1 aliphatic carbocycles. The van der Waals surface area contributed by atoms with Crippen LogP contribution in [0.3, 0.4) is 0 Å². The first-order valence-corrected chi connectivity index (χ1v) is 11.5. The topological polar surface area (TPSA) is 12.0 Å². The number of hydrogen-bond acceptors (Lipinski definition) is 1. The van der Waals surface area contributed by atoms with Crippen molar-refractivity contribution in [3.8, 4) is 11.1 Å². The van der Waals surface area contributed by atoms with Gasteiger partial charge in [0.1, 0.15) is 0 Å². The highest BCUT2D eigenvalue weighted by Gasteiger charge is 2.45. The quantitative estimate of drug-likeness (QED) is 0.288. The lowest BCUT2D eigenvalue weighted by molar-refractivity contribution is 0.769. The first-order valence-electron chi connectivity index (χ1n) is 11.2. The summed E-state index contributed by atoms with van der Waals surface area (Å²) >= 11 is 6.45. The molecule has 0 saturated carbocycles. The molecule has 0 fully saturated rings. The van der Waals surface area contributed by atoms with Crippen LogP contribution in [0.15, 0.2) is 127 Å². The second kappa shape index (κ2) is 7.95. The number of rotatable bonds is 4. The lowest BCUT2D eigenvalue weighted by atomic mass is 9.67. The molecular formula is C31H22ClN. The third-order valence-corrected chi connectivity index (χ3v) is 6.94. The number of nitrogens with one attached hydrogen (secondary N) is 1. The molecular weight excluding hydrogens is 422 g/mol. The van der Waals surface area contributed by atoms with Crippen molar-refractivity contribution in [3.63, 3.8) is 0 Å². The Morgan fingerprint density at radius 2 is 1.09 bits per heavy atom. The molecule has 0 saturated heterocycles.